The molecular weight excluding hydrogens is 634 g/mol. The summed E-state index contributed by atoms with van der Waals surface area (Å²) in [7, 11) is 1.72. The highest BCUT2D eigenvalue weighted by atomic mass is 19.4. The third kappa shape index (κ3) is 7.64. The van der Waals surface area contributed by atoms with Gasteiger partial charge in [-0.2, -0.15) is 31.4 Å². The Bertz CT molecular complexity index is 1730. The van der Waals surface area contributed by atoms with Gasteiger partial charge in [0.05, 0.1) is 28.9 Å². The van der Waals surface area contributed by atoms with E-state index in [1.807, 2.05) is 6.92 Å². The first-order valence-corrected chi connectivity index (χ1v) is 14.3. The minimum absolute atomic E-state index is 0.0111. The van der Waals surface area contributed by atoms with Crippen molar-refractivity contribution in [2.24, 2.45) is 7.05 Å². The molecule has 1 aliphatic rings. The summed E-state index contributed by atoms with van der Waals surface area (Å²) in [6.45, 7) is 1.34. The first kappa shape index (κ1) is 33.2. The molecule has 47 heavy (non-hydrogen) atoms. The summed E-state index contributed by atoms with van der Waals surface area (Å²) in [5.74, 6) is -1.21. The molecule has 10 nitrogen and oxygen atoms in total. The Balaban J connectivity index is 1.49. The number of hydrogen-bond acceptors (Lipinski definition) is 7. The number of rotatable bonds is 8. The van der Waals surface area contributed by atoms with Crippen LogP contribution in [0, 0.1) is 0 Å². The van der Waals surface area contributed by atoms with Gasteiger partial charge in [-0.1, -0.05) is 13.0 Å². The molecular formula is C31H28F6N6O4. The van der Waals surface area contributed by atoms with Crippen molar-refractivity contribution in [2.45, 2.75) is 50.7 Å². The lowest BCUT2D eigenvalue weighted by atomic mass is 10.0. The van der Waals surface area contributed by atoms with Gasteiger partial charge in [-0.3, -0.25) is 4.68 Å². The molecule has 0 saturated carbocycles. The number of carboxylic acid groups (broad SMARTS) is 1. The number of benzene rings is 2. The van der Waals surface area contributed by atoms with Crippen LogP contribution in [0.15, 0.2) is 67.3 Å². The summed E-state index contributed by atoms with van der Waals surface area (Å²) in [4.78, 5) is 36.3. The molecule has 0 bridgehead atoms. The Morgan fingerprint density at radius 2 is 1.64 bits per heavy atom. The summed E-state index contributed by atoms with van der Waals surface area (Å²) in [5, 5.41) is 13.4. The average molecular weight is 663 g/mol. The molecule has 16 heteroatoms. The Morgan fingerprint density at radius 3 is 2.19 bits per heavy atom. The highest BCUT2D eigenvalue weighted by Gasteiger charge is 2.41. The largest absolute Gasteiger partial charge is 0.478 e. The Kier molecular flexibility index (Phi) is 9.13. The van der Waals surface area contributed by atoms with E-state index in [2.05, 4.69) is 15.1 Å². The van der Waals surface area contributed by atoms with E-state index < -0.39 is 54.2 Å². The van der Waals surface area contributed by atoms with Gasteiger partial charge in [-0.05, 0) is 54.8 Å². The number of nitrogens with zero attached hydrogens (tertiary/aromatic N) is 6. The van der Waals surface area contributed by atoms with E-state index in [1.54, 1.807) is 24.1 Å². The number of carbonyl (C=O) groups is 2. The van der Waals surface area contributed by atoms with Gasteiger partial charge in [0.15, 0.2) is 0 Å². The maximum atomic E-state index is 13.7. The molecule has 2 aromatic heterocycles. The molecule has 1 amide bonds. The molecule has 3 heterocycles. The molecule has 1 N–H and O–H groups in total. The second-order valence-electron chi connectivity index (χ2n) is 11.0. The van der Waals surface area contributed by atoms with Crippen molar-refractivity contribution in [1.29, 1.82) is 0 Å². The van der Waals surface area contributed by atoms with E-state index in [9.17, 15) is 41.0 Å². The Morgan fingerprint density at radius 1 is 0.979 bits per heavy atom. The van der Waals surface area contributed by atoms with E-state index in [0.29, 0.717) is 29.7 Å². The van der Waals surface area contributed by atoms with Gasteiger partial charge >= 0.3 is 24.4 Å². The van der Waals surface area contributed by atoms with Crippen LogP contribution in [-0.2, 0) is 25.9 Å². The topological polar surface area (TPSA) is 114 Å². The van der Waals surface area contributed by atoms with Crippen LogP contribution in [0.4, 0.5) is 37.1 Å². The smallest absolute Gasteiger partial charge is 0.416 e. The van der Waals surface area contributed by atoms with Crippen LogP contribution >= 0.6 is 0 Å². The molecule has 1 fully saturated rings. The maximum absolute atomic E-state index is 13.7. The van der Waals surface area contributed by atoms with E-state index in [1.165, 1.54) is 46.5 Å². The quantitative estimate of drug-likeness (QED) is 0.208. The zero-order valence-corrected chi connectivity index (χ0v) is 25.0. The normalized spacial score (nSPS) is 16.7. The lowest BCUT2D eigenvalue weighted by molar-refractivity contribution is -0.143. The Labute approximate surface area is 264 Å². The van der Waals surface area contributed by atoms with Crippen LogP contribution < -0.4 is 9.64 Å². The van der Waals surface area contributed by atoms with Crippen molar-refractivity contribution >= 4 is 18.0 Å². The van der Waals surface area contributed by atoms with Crippen molar-refractivity contribution in [1.82, 2.24) is 24.6 Å². The van der Waals surface area contributed by atoms with Gasteiger partial charge in [-0.25, -0.2) is 19.6 Å². The number of carbonyl (C=O) groups excluding carboxylic acids is 1. The van der Waals surface area contributed by atoms with Crippen LogP contribution in [-0.4, -0.2) is 60.4 Å². The molecule has 5 rings (SSSR count). The fraction of sp³-hybridized carbons (Fsp3) is 0.323. The molecule has 2 unspecified atom stereocenters. The zero-order valence-electron chi connectivity index (χ0n) is 25.0. The second kappa shape index (κ2) is 12.9. The molecule has 1 saturated heterocycles. The fourth-order valence-electron chi connectivity index (χ4n) is 5.44. The highest BCUT2D eigenvalue weighted by Crippen LogP contribution is 2.37. The van der Waals surface area contributed by atoms with Crippen LogP contribution in [0.3, 0.4) is 0 Å². The Hall–Kier alpha value is -5.15. The number of halogens is 6. The number of hydrogen-bond donors (Lipinski definition) is 1. The van der Waals surface area contributed by atoms with Crippen LogP contribution in [0.1, 0.15) is 46.8 Å². The minimum Gasteiger partial charge on any atom is -0.478 e. The van der Waals surface area contributed by atoms with Gasteiger partial charge in [0.1, 0.15) is 5.75 Å². The van der Waals surface area contributed by atoms with E-state index in [0.717, 1.165) is 0 Å². The monoisotopic (exact) mass is 662 g/mol. The van der Waals surface area contributed by atoms with Gasteiger partial charge in [0, 0.05) is 55.9 Å². The predicted octanol–water partition coefficient (Wildman–Crippen LogP) is 6.67. The van der Waals surface area contributed by atoms with E-state index in [4.69, 9.17) is 4.74 Å². The maximum Gasteiger partial charge on any atom is 0.416 e. The van der Waals surface area contributed by atoms with Crippen molar-refractivity contribution < 1.29 is 45.8 Å². The number of alkyl halides is 6. The molecule has 0 spiro atoms. The van der Waals surface area contributed by atoms with E-state index in [-0.39, 0.29) is 41.9 Å². The zero-order chi connectivity index (χ0) is 34.1. The SMILES string of the molecule is CCC1CC(N(Cc2cc(C(F)(F)F)cc(C(F)(F)F)c2)c2ncc(-c3cnn(C)c3)cn2)CN1C(=O)Oc1cccc(C(=O)O)c1. The lowest BCUT2D eigenvalue weighted by Gasteiger charge is -2.29. The minimum atomic E-state index is -5.04. The third-order valence-electron chi connectivity index (χ3n) is 7.76. The van der Waals surface area contributed by atoms with Crippen LogP contribution in [0.2, 0.25) is 0 Å². The molecule has 4 aromatic rings. The first-order valence-electron chi connectivity index (χ1n) is 14.3. The summed E-state index contributed by atoms with van der Waals surface area (Å²) in [6, 6.07) is 5.63. The van der Waals surface area contributed by atoms with Crippen molar-refractivity contribution in [2.75, 3.05) is 11.4 Å². The highest BCUT2D eigenvalue weighted by molar-refractivity contribution is 5.88. The average Bonchev–Trinajstić information content (AvgIpc) is 3.65. The molecule has 0 aliphatic carbocycles. The number of likely N-dealkylation sites (tertiary alicyclic amines) is 1. The molecule has 248 valence electrons. The summed E-state index contributed by atoms with van der Waals surface area (Å²) in [6.07, 6.45) is -3.94. The number of aromatic nitrogens is 4. The van der Waals surface area contributed by atoms with Gasteiger partial charge in [0.25, 0.3) is 0 Å². The fourth-order valence-corrected chi connectivity index (χ4v) is 5.44. The van der Waals surface area contributed by atoms with E-state index >= 15 is 0 Å². The van der Waals surface area contributed by atoms with Gasteiger partial charge in [-0.15, -0.1) is 0 Å². The second-order valence-corrected chi connectivity index (χ2v) is 11.0. The number of anilines is 1. The summed E-state index contributed by atoms with van der Waals surface area (Å²) >= 11 is 0. The van der Waals surface area contributed by atoms with Gasteiger partial charge in [0.2, 0.25) is 5.95 Å². The molecule has 0 radical (unpaired) electrons. The van der Waals surface area contributed by atoms with Crippen molar-refractivity contribution in [3.05, 3.63) is 89.5 Å². The number of amides is 1. The molecule has 2 atom stereocenters. The number of ether oxygens (including phenoxy) is 1. The molecule has 1 aliphatic heterocycles. The number of aryl methyl sites for hydroxylation is 1. The standard InChI is InChI=1S/C31H28F6N6O4/c1-3-24-11-25(17-43(24)29(46)47-26-6-4-5-19(9-26)27(44)45)42(28-38-12-20(13-39-28)21-14-40-41(2)16-21)15-18-7-22(30(32,33)34)10-23(8-18)31(35,36)37/h4-10,12-14,16,24-25H,3,11,15,17H2,1-2H3,(H,44,45). The number of aromatic carboxylic acids is 1. The third-order valence-corrected chi connectivity index (χ3v) is 7.76. The van der Waals surface area contributed by atoms with Crippen molar-refractivity contribution in [3.8, 4) is 16.9 Å². The number of carboxylic acids is 1. The summed E-state index contributed by atoms with van der Waals surface area (Å²) < 4.78 is 89.1. The summed E-state index contributed by atoms with van der Waals surface area (Å²) in [5.41, 5.74) is -2.04. The van der Waals surface area contributed by atoms with Crippen LogP contribution in [0.5, 0.6) is 5.75 Å². The lowest BCUT2D eigenvalue weighted by Crippen LogP contribution is -2.41. The molecule has 2 aromatic carbocycles. The van der Waals surface area contributed by atoms with Crippen molar-refractivity contribution in [3.63, 3.8) is 0 Å². The predicted molar refractivity (Wildman–Crippen MR) is 155 cm³/mol. The first-order chi connectivity index (χ1) is 22.1. The van der Waals surface area contributed by atoms with Gasteiger partial charge < -0.3 is 19.6 Å². The van der Waals surface area contributed by atoms with Crippen LogP contribution in [0.25, 0.3) is 11.1 Å².